The third-order valence-electron chi connectivity index (χ3n) is 5.12. The SMILES string of the molecule is Cc1ccc(N2C(=O)[C@H]3N=NN(CC(=O)Nc4ccc(F)c(Cl)c4)[C@H]3C2=O)cc1C. The molecule has 0 radical (unpaired) electrons. The van der Waals surface area contributed by atoms with Gasteiger partial charge in [0.2, 0.25) is 5.91 Å². The fraction of sp³-hybridized carbons (Fsp3) is 0.250. The number of rotatable bonds is 4. The Hall–Kier alpha value is -3.33. The predicted octanol–water partition coefficient (Wildman–Crippen LogP) is 3.03. The molecule has 2 atom stereocenters. The van der Waals surface area contributed by atoms with Gasteiger partial charge >= 0.3 is 0 Å². The molecular weight excluding hydrogens is 413 g/mol. The van der Waals surface area contributed by atoms with Crippen LogP contribution < -0.4 is 10.2 Å². The zero-order valence-electron chi connectivity index (χ0n) is 16.1. The smallest absolute Gasteiger partial charge is 0.263 e. The number of nitrogens with one attached hydrogen (secondary N) is 1. The van der Waals surface area contributed by atoms with E-state index in [9.17, 15) is 18.8 Å². The highest BCUT2D eigenvalue weighted by molar-refractivity contribution is 6.31. The molecule has 1 fully saturated rings. The van der Waals surface area contributed by atoms with E-state index in [0.29, 0.717) is 11.4 Å². The van der Waals surface area contributed by atoms with E-state index in [2.05, 4.69) is 15.7 Å². The Kier molecular flexibility index (Phi) is 4.98. The molecule has 0 aromatic heterocycles. The minimum atomic E-state index is -0.993. The number of fused-ring (bicyclic) bond motifs is 1. The van der Waals surface area contributed by atoms with Crippen LogP contribution in [0.25, 0.3) is 0 Å². The minimum Gasteiger partial charge on any atom is -0.324 e. The van der Waals surface area contributed by atoms with Crippen molar-refractivity contribution in [3.63, 3.8) is 0 Å². The molecule has 2 aromatic rings. The van der Waals surface area contributed by atoms with E-state index in [1.165, 1.54) is 17.1 Å². The van der Waals surface area contributed by atoms with Crippen molar-refractivity contribution in [3.05, 3.63) is 58.4 Å². The maximum absolute atomic E-state index is 13.3. The first-order chi connectivity index (χ1) is 14.3. The van der Waals surface area contributed by atoms with Crippen LogP contribution >= 0.6 is 11.6 Å². The number of carbonyl (C=O) groups excluding carboxylic acids is 3. The van der Waals surface area contributed by atoms with Crippen LogP contribution in [0.4, 0.5) is 15.8 Å². The molecular formula is C20H17ClFN5O3. The monoisotopic (exact) mass is 429 g/mol. The molecule has 2 aliphatic rings. The van der Waals surface area contributed by atoms with Crippen LogP contribution in [0, 0.1) is 19.7 Å². The highest BCUT2D eigenvalue weighted by atomic mass is 35.5. The van der Waals surface area contributed by atoms with Crippen LogP contribution in [0.1, 0.15) is 11.1 Å². The molecule has 4 rings (SSSR count). The van der Waals surface area contributed by atoms with E-state index in [1.807, 2.05) is 19.9 Å². The normalized spacial score (nSPS) is 20.1. The topological polar surface area (TPSA) is 94.4 Å². The van der Waals surface area contributed by atoms with Crippen molar-refractivity contribution in [1.82, 2.24) is 5.01 Å². The summed E-state index contributed by atoms with van der Waals surface area (Å²) in [5.74, 6) is -2.09. The molecule has 0 spiro atoms. The average molecular weight is 430 g/mol. The summed E-state index contributed by atoms with van der Waals surface area (Å²) >= 11 is 5.71. The zero-order chi connectivity index (χ0) is 21.6. The standard InChI is InChI=1S/C20H17ClFN5O3/c1-10-3-5-13(7-11(10)2)27-19(29)17-18(20(27)30)26(25-24-17)9-16(28)23-12-4-6-15(22)14(21)8-12/h3-8,17-18H,9H2,1-2H3,(H,23,28)/t17-,18+/m0/s1. The van der Waals surface area contributed by atoms with Gasteiger partial charge in [0.05, 0.1) is 10.7 Å². The number of carbonyl (C=O) groups is 3. The van der Waals surface area contributed by atoms with Crippen molar-refractivity contribution >= 4 is 40.7 Å². The summed E-state index contributed by atoms with van der Waals surface area (Å²) in [6, 6.07) is 7.08. The van der Waals surface area contributed by atoms with E-state index in [0.717, 1.165) is 22.1 Å². The van der Waals surface area contributed by atoms with E-state index in [-0.39, 0.29) is 11.6 Å². The molecule has 3 amide bonds. The molecule has 1 saturated heterocycles. The summed E-state index contributed by atoms with van der Waals surface area (Å²) in [5, 5.41) is 11.4. The summed E-state index contributed by atoms with van der Waals surface area (Å²) in [6.45, 7) is 3.52. The second-order valence-corrected chi connectivity index (χ2v) is 7.56. The molecule has 2 aromatic carbocycles. The number of nitrogens with zero attached hydrogens (tertiary/aromatic N) is 4. The van der Waals surface area contributed by atoms with Gasteiger partial charge in [-0.3, -0.25) is 19.4 Å². The lowest BCUT2D eigenvalue weighted by atomic mass is 10.1. The second-order valence-electron chi connectivity index (χ2n) is 7.15. The number of imide groups is 1. The molecule has 1 N–H and O–H groups in total. The zero-order valence-corrected chi connectivity index (χ0v) is 16.9. The number of anilines is 2. The van der Waals surface area contributed by atoms with Gasteiger partial charge in [-0.25, -0.2) is 9.29 Å². The molecule has 30 heavy (non-hydrogen) atoms. The molecule has 2 heterocycles. The van der Waals surface area contributed by atoms with Gasteiger partial charge in [-0.1, -0.05) is 22.9 Å². The average Bonchev–Trinajstić information content (AvgIpc) is 3.21. The van der Waals surface area contributed by atoms with Crippen molar-refractivity contribution in [3.8, 4) is 0 Å². The van der Waals surface area contributed by atoms with Crippen LogP contribution in [0.5, 0.6) is 0 Å². The van der Waals surface area contributed by atoms with Crippen molar-refractivity contribution < 1.29 is 18.8 Å². The first-order valence-electron chi connectivity index (χ1n) is 9.13. The number of aryl methyl sites for hydroxylation is 2. The predicted molar refractivity (Wildman–Crippen MR) is 108 cm³/mol. The Balaban J connectivity index is 1.49. The largest absolute Gasteiger partial charge is 0.324 e. The highest BCUT2D eigenvalue weighted by Gasteiger charge is 2.55. The lowest BCUT2D eigenvalue weighted by Gasteiger charge is -2.20. The van der Waals surface area contributed by atoms with Crippen molar-refractivity contribution in [2.45, 2.75) is 25.9 Å². The van der Waals surface area contributed by atoms with Gasteiger partial charge in [-0.2, -0.15) is 5.11 Å². The van der Waals surface area contributed by atoms with E-state index >= 15 is 0 Å². The third kappa shape index (κ3) is 3.41. The summed E-state index contributed by atoms with van der Waals surface area (Å²) in [5.41, 5.74) is 2.74. The molecule has 0 unspecified atom stereocenters. The molecule has 0 bridgehead atoms. The number of hydrogen-bond donors (Lipinski definition) is 1. The maximum atomic E-state index is 13.3. The minimum absolute atomic E-state index is 0.130. The van der Waals surface area contributed by atoms with Crippen LogP contribution in [0.3, 0.4) is 0 Å². The number of amides is 3. The Morgan fingerprint density at radius 1 is 1.13 bits per heavy atom. The van der Waals surface area contributed by atoms with E-state index < -0.39 is 35.6 Å². The lowest BCUT2D eigenvalue weighted by Crippen LogP contribution is -2.43. The molecule has 2 aliphatic heterocycles. The lowest BCUT2D eigenvalue weighted by molar-refractivity contribution is -0.123. The Labute approximate surface area is 176 Å². The maximum Gasteiger partial charge on any atom is 0.263 e. The molecule has 154 valence electrons. The molecule has 0 aliphatic carbocycles. The fourth-order valence-electron chi connectivity index (χ4n) is 3.39. The van der Waals surface area contributed by atoms with Crippen LogP contribution in [0.2, 0.25) is 5.02 Å². The number of halogens is 2. The molecule has 0 saturated carbocycles. The van der Waals surface area contributed by atoms with E-state index in [1.54, 1.807) is 12.1 Å². The Morgan fingerprint density at radius 3 is 2.60 bits per heavy atom. The van der Waals surface area contributed by atoms with Crippen LogP contribution in [-0.4, -0.2) is 41.4 Å². The summed E-state index contributed by atoms with van der Waals surface area (Å²) in [4.78, 5) is 39.2. The highest BCUT2D eigenvalue weighted by Crippen LogP contribution is 2.32. The van der Waals surface area contributed by atoms with Crippen LogP contribution in [0.15, 0.2) is 46.7 Å². The van der Waals surface area contributed by atoms with E-state index in [4.69, 9.17) is 11.6 Å². The van der Waals surface area contributed by atoms with Gasteiger partial charge in [-0.05, 0) is 55.3 Å². The second kappa shape index (κ2) is 7.49. The fourth-order valence-corrected chi connectivity index (χ4v) is 3.58. The Bertz CT molecular complexity index is 1110. The van der Waals surface area contributed by atoms with Crippen molar-refractivity contribution in [2.75, 3.05) is 16.8 Å². The van der Waals surface area contributed by atoms with Crippen molar-refractivity contribution in [2.24, 2.45) is 10.3 Å². The molecule has 8 nitrogen and oxygen atoms in total. The van der Waals surface area contributed by atoms with Crippen molar-refractivity contribution in [1.29, 1.82) is 0 Å². The van der Waals surface area contributed by atoms with Gasteiger partial charge in [0.25, 0.3) is 11.8 Å². The summed E-state index contributed by atoms with van der Waals surface area (Å²) in [7, 11) is 0. The Morgan fingerprint density at radius 2 is 1.90 bits per heavy atom. The third-order valence-corrected chi connectivity index (χ3v) is 5.41. The summed E-state index contributed by atoms with van der Waals surface area (Å²) in [6.07, 6.45) is 0. The number of hydrogen-bond acceptors (Lipinski definition) is 6. The van der Waals surface area contributed by atoms with Gasteiger partial charge in [0.15, 0.2) is 12.1 Å². The van der Waals surface area contributed by atoms with Gasteiger partial charge in [-0.15, -0.1) is 0 Å². The van der Waals surface area contributed by atoms with Crippen LogP contribution in [-0.2, 0) is 14.4 Å². The van der Waals surface area contributed by atoms with Gasteiger partial charge in [0, 0.05) is 5.69 Å². The first-order valence-corrected chi connectivity index (χ1v) is 9.51. The quantitative estimate of drug-likeness (QED) is 0.756. The van der Waals surface area contributed by atoms with Gasteiger partial charge in [0.1, 0.15) is 12.4 Å². The van der Waals surface area contributed by atoms with Gasteiger partial charge < -0.3 is 5.32 Å². The first kappa shape index (κ1) is 20.0. The summed E-state index contributed by atoms with van der Waals surface area (Å²) < 4.78 is 13.3. The number of benzene rings is 2. The molecule has 10 heteroatoms.